The fourth-order valence-corrected chi connectivity index (χ4v) is 3.51. The molecular formula is C21H22N6O2. The Kier molecular flexibility index (Phi) is 4.99. The van der Waals surface area contributed by atoms with Crippen LogP contribution in [-0.4, -0.2) is 45.0 Å². The molecule has 8 nitrogen and oxygen atoms in total. The maximum atomic E-state index is 11.2. The number of carbonyl (C=O) groups is 1. The highest BCUT2D eigenvalue weighted by Gasteiger charge is 2.29. The first-order valence-electron chi connectivity index (χ1n) is 9.41. The number of nitrogens with two attached hydrogens (primary N) is 1. The van der Waals surface area contributed by atoms with Gasteiger partial charge >= 0.3 is 5.97 Å². The third-order valence-corrected chi connectivity index (χ3v) is 5.12. The minimum absolute atomic E-state index is 0.379. The molecule has 0 bridgehead atoms. The van der Waals surface area contributed by atoms with Crippen molar-refractivity contribution in [1.29, 1.82) is 0 Å². The van der Waals surface area contributed by atoms with Gasteiger partial charge in [0.15, 0.2) is 5.65 Å². The van der Waals surface area contributed by atoms with Gasteiger partial charge in [0.25, 0.3) is 0 Å². The van der Waals surface area contributed by atoms with Gasteiger partial charge in [-0.3, -0.25) is 9.79 Å². The topological polar surface area (TPSA) is 109 Å². The number of fused-ring (bicyclic) bond motifs is 1. The summed E-state index contributed by atoms with van der Waals surface area (Å²) < 4.78 is 1.59. The van der Waals surface area contributed by atoms with Crippen molar-refractivity contribution in [3.8, 4) is 0 Å². The largest absolute Gasteiger partial charge is 0.481 e. The first kappa shape index (κ1) is 18.7. The molecule has 0 spiro atoms. The molecule has 3 heterocycles. The van der Waals surface area contributed by atoms with Crippen LogP contribution in [0.15, 0.2) is 48.1 Å². The van der Waals surface area contributed by atoms with E-state index in [2.05, 4.69) is 16.7 Å². The Bertz CT molecular complexity index is 1100. The molecule has 3 N–H and O–H groups in total. The van der Waals surface area contributed by atoms with Gasteiger partial charge in [-0.1, -0.05) is 30.9 Å². The van der Waals surface area contributed by atoms with E-state index in [9.17, 15) is 9.90 Å². The highest BCUT2D eigenvalue weighted by Crippen LogP contribution is 2.26. The van der Waals surface area contributed by atoms with Crippen molar-refractivity contribution < 1.29 is 9.90 Å². The summed E-state index contributed by atoms with van der Waals surface area (Å²) in [5.74, 6) is -0.0169. The maximum absolute atomic E-state index is 11.2. The van der Waals surface area contributed by atoms with Crippen LogP contribution in [-0.2, 0) is 11.2 Å². The lowest BCUT2D eigenvalue weighted by Gasteiger charge is -2.17. The van der Waals surface area contributed by atoms with Crippen LogP contribution >= 0.6 is 0 Å². The lowest BCUT2D eigenvalue weighted by molar-refractivity contribution is -0.140. The maximum Gasteiger partial charge on any atom is 0.308 e. The number of rotatable bonds is 6. The normalized spacial score (nSPS) is 16.7. The van der Waals surface area contributed by atoms with Crippen LogP contribution in [0.1, 0.15) is 17.5 Å². The molecule has 3 aromatic rings. The molecule has 1 unspecified atom stereocenters. The zero-order valence-electron chi connectivity index (χ0n) is 15.9. The minimum atomic E-state index is -0.775. The van der Waals surface area contributed by atoms with E-state index in [0.717, 1.165) is 16.8 Å². The van der Waals surface area contributed by atoms with Gasteiger partial charge in [-0.25, -0.2) is 4.98 Å². The summed E-state index contributed by atoms with van der Waals surface area (Å²) in [6.45, 7) is 4.88. The second-order valence-electron chi connectivity index (χ2n) is 6.99. The Labute approximate surface area is 168 Å². The molecule has 29 heavy (non-hydrogen) atoms. The molecule has 1 aliphatic rings. The summed E-state index contributed by atoms with van der Waals surface area (Å²) in [7, 11) is 0. The van der Waals surface area contributed by atoms with Gasteiger partial charge in [-0.15, -0.1) is 0 Å². The van der Waals surface area contributed by atoms with E-state index in [1.54, 1.807) is 22.9 Å². The number of hydrogen-bond acceptors (Lipinski definition) is 6. The average molecular weight is 390 g/mol. The van der Waals surface area contributed by atoms with E-state index < -0.39 is 5.97 Å². The van der Waals surface area contributed by atoms with Crippen LogP contribution in [0.2, 0.25) is 0 Å². The summed E-state index contributed by atoms with van der Waals surface area (Å²) in [5.41, 5.74) is 9.53. The van der Waals surface area contributed by atoms with Gasteiger partial charge in [0.1, 0.15) is 11.6 Å². The molecule has 1 fully saturated rings. The summed E-state index contributed by atoms with van der Waals surface area (Å²) >= 11 is 0. The molecule has 1 aromatic carbocycles. The third-order valence-electron chi connectivity index (χ3n) is 5.12. The number of hydrogen-bond donors (Lipinski definition) is 2. The van der Waals surface area contributed by atoms with Crippen molar-refractivity contribution in [3.63, 3.8) is 0 Å². The molecule has 1 atom stereocenters. The van der Waals surface area contributed by atoms with Crippen LogP contribution in [0.3, 0.4) is 0 Å². The Morgan fingerprint density at radius 1 is 1.41 bits per heavy atom. The van der Waals surface area contributed by atoms with Crippen molar-refractivity contribution in [2.45, 2.75) is 12.8 Å². The number of aliphatic carboxylic acids is 1. The number of aromatic nitrogens is 3. The van der Waals surface area contributed by atoms with Gasteiger partial charge in [-0.05, 0) is 18.1 Å². The Hall–Kier alpha value is -3.68. The van der Waals surface area contributed by atoms with Crippen molar-refractivity contribution in [2.75, 3.05) is 23.7 Å². The van der Waals surface area contributed by atoms with Crippen molar-refractivity contribution >= 4 is 41.2 Å². The van der Waals surface area contributed by atoms with Gasteiger partial charge in [0.05, 0.1) is 17.8 Å². The summed E-state index contributed by atoms with van der Waals surface area (Å²) in [4.78, 5) is 22.5. The van der Waals surface area contributed by atoms with E-state index in [1.165, 1.54) is 0 Å². The highest BCUT2D eigenvalue weighted by atomic mass is 16.4. The number of anilines is 2. The number of carboxylic acids is 1. The SMILES string of the molecule is C=Cc1ccccc1N=CCc1cnn2c(N)cc(N3CCC(C(=O)O)C3)nc12. The number of para-hydroxylation sites is 1. The zero-order chi connectivity index (χ0) is 20.4. The van der Waals surface area contributed by atoms with E-state index >= 15 is 0 Å². The van der Waals surface area contributed by atoms with Crippen LogP contribution in [0.4, 0.5) is 17.3 Å². The zero-order valence-corrected chi connectivity index (χ0v) is 15.9. The second kappa shape index (κ2) is 7.75. The van der Waals surface area contributed by atoms with E-state index in [4.69, 9.17) is 10.7 Å². The van der Waals surface area contributed by atoms with Crippen LogP contribution < -0.4 is 10.6 Å². The first-order valence-corrected chi connectivity index (χ1v) is 9.41. The van der Waals surface area contributed by atoms with E-state index in [1.807, 2.05) is 35.4 Å². The van der Waals surface area contributed by atoms with Crippen molar-refractivity contribution in [1.82, 2.24) is 14.6 Å². The van der Waals surface area contributed by atoms with Crippen LogP contribution in [0.25, 0.3) is 11.7 Å². The molecule has 148 valence electrons. The molecular weight excluding hydrogens is 368 g/mol. The molecule has 0 aliphatic carbocycles. The number of carboxylic acid groups (broad SMARTS) is 1. The van der Waals surface area contributed by atoms with Crippen molar-refractivity contribution in [2.24, 2.45) is 10.9 Å². The van der Waals surface area contributed by atoms with Crippen molar-refractivity contribution in [3.05, 3.63) is 54.2 Å². The predicted octanol–water partition coefficient (Wildman–Crippen LogP) is 2.81. The number of aliphatic imine (C=N–C) groups is 1. The fraction of sp³-hybridized carbons (Fsp3) is 0.238. The molecule has 4 rings (SSSR count). The third kappa shape index (κ3) is 3.69. The Morgan fingerprint density at radius 2 is 2.24 bits per heavy atom. The van der Waals surface area contributed by atoms with Gasteiger partial charge in [0, 0.05) is 37.4 Å². The fourth-order valence-electron chi connectivity index (χ4n) is 3.51. The van der Waals surface area contributed by atoms with E-state index in [0.29, 0.717) is 43.2 Å². The summed E-state index contributed by atoms with van der Waals surface area (Å²) in [6, 6.07) is 9.52. The minimum Gasteiger partial charge on any atom is -0.481 e. The van der Waals surface area contributed by atoms with Gasteiger partial charge in [0.2, 0.25) is 0 Å². The average Bonchev–Trinajstić information content (AvgIpc) is 3.36. The molecule has 0 radical (unpaired) electrons. The van der Waals surface area contributed by atoms with E-state index in [-0.39, 0.29) is 5.92 Å². The standard InChI is InChI=1S/C21H22N6O2/c1-2-14-5-3-4-6-17(14)23-9-7-15-12-24-27-18(22)11-19(25-20(15)27)26-10-8-16(13-26)21(28)29/h2-6,9,11-12,16H,1,7-8,10,13,22H2,(H,28,29). The summed E-state index contributed by atoms with van der Waals surface area (Å²) in [5, 5.41) is 13.6. The first-order chi connectivity index (χ1) is 14.1. The van der Waals surface area contributed by atoms with Crippen LogP contribution in [0, 0.1) is 5.92 Å². The molecule has 0 saturated carbocycles. The quantitative estimate of drug-likeness (QED) is 0.627. The molecule has 0 amide bonds. The second-order valence-corrected chi connectivity index (χ2v) is 6.99. The lowest BCUT2D eigenvalue weighted by Crippen LogP contribution is -2.24. The number of nitrogen functional groups attached to an aromatic ring is 1. The molecule has 8 heteroatoms. The van der Waals surface area contributed by atoms with Gasteiger partial charge < -0.3 is 15.7 Å². The smallest absolute Gasteiger partial charge is 0.308 e. The monoisotopic (exact) mass is 390 g/mol. The highest BCUT2D eigenvalue weighted by molar-refractivity contribution is 5.74. The summed E-state index contributed by atoms with van der Waals surface area (Å²) in [6.07, 6.45) is 6.47. The Balaban J connectivity index is 1.59. The molecule has 1 saturated heterocycles. The molecule has 2 aromatic heterocycles. The Morgan fingerprint density at radius 3 is 3.00 bits per heavy atom. The predicted molar refractivity (Wildman–Crippen MR) is 114 cm³/mol. The van der Waals surface area contributed by atoms with Gasteiger partial charge in [-0.2, -0.15) is 9.61 Å². The van der Waals surface area contributed by atoms with Crippen LogP contribution in [0.5, 0.6) is 0 Å². The lowest BCUT2D eigenvalue weighted by atomic mass is 10.1. The number of benzene rings is 1. The molecule has 1 aliphatic heterocycles. The number of nitrogens with zero attached hydrogens (tertiary/aromatic N) is 5.